The van der Waals surface area contributed by atoms with E-state index in [0.717, 1.165) is 4.47 Å². The highest BCUT2D eigenvalue weighted by molar-refractivity contribution is 9.10. The maximum atomic E-state index is 5.82. The van der Waals surface area contributed by atoms with Gasteiger partial charge in [0, 0.05) is 17.3 Å². The third kappa shape index (κ3) is 2.88. The van der Waals surface area contributed by atoms with Gasteiger partial charge in [0.15, 0.2) is 0 Å². The minimum Gasteiger partial charge on any atom is -0.438 e. The second-order valence-corrected chi connectivity index (χ2v) is 4.72. The van der Waals surface area contributed by atoms with Crippen molar-refractivity contribution in [3.63, 3.8) is 0 Å². The lowest BCUT2D eigenvalue weighted by Crippen LogP contribution is -1.88. The normalized spacial score (nSPS) is 10.2. The second kappa shape index (κ2) is 5.04. The zero-order chi connectivity index (χ0) is 11.5. The van der Waals surface area contributed by atoms with E-state index in [0.29, 0.717) is 21.7 Å². The fourth-order valence-corrected chi connectivity index (χ4v) is 1.97. The molecule has 0 aliphatic rings. The Morgan fingerprint density at radius 3 is 2.44 bits per heavy atom. The van der Waals surface area contributed by atoms with E-state index in [-0.39, 0.29) is 0 Å². The van der Waals surface area contributed by atoms with Gasteiger partial charge in [-0.1, -0.05) is 23.2 Å². The molecule has 16 heavy (non-hydrogen) atoms. The number of benzene rings is 1. The lowest BCUT2D eigenvalue weighted by Gasteiger charge is -2.06. The van der Waals surface area contributed by atoms with Gasteiger partial charge in [-0.3, -0.25) is 0 Å². The highest BCUT2D eigenvalue weighted by Crippen LogP contribution is 2.31. The number of ether oxygens (including phenoxy) is 1. The van der Waals surface area contributed by atoms with Crippen molar-refractivity contribution in [2.45, 2.75) is 0 Å². The number of hydrogen-bond donors (Lipinski definition) is 0. The molecule has 0 aliphatic heterocycles. The monoisotopic (exact) mass is 317 g/mol. The highest BCUT2D eigenvalue weighted by Gasteiger charge is 2.04. The summed E-state index contributed by atoms with van der Waals surface area (Å²) in [6.45, 7) is 0. The standard InChI is InChI=1S/C11H6BrCl2NO/c12-9-5-7(13)1-3-10(9)16-11-4-2-8(14)6-15-11/h1-6H. The minimum atomic E-state index is 0.479. The van der Waals surface area contributed by atoms with Gasteiger partial charge in [0.1, 0.15) is 5.75 Å². The molecule has 0 aliphatic carbocycles. The maximum Gasteiger partial charge on any atom is 0.219 e. The van der Waals surface area contributed by atoms with Gasteiger partial charge in [-0.15, -0.1) is 0 Å². The summed E-state index contributed by atoms with van der Waals surface area (Å²) in [5.74, 6) is 1.13. The van der Waals surface area contributed by atoms with Crippen LogP contribution in [0.3, 0.4) is 0 Å². The van der Waals surface area contributed by atoms with Crippen molar-refractivity contribution in [3.05, 3.63) is 51.0 Å². The molecule has 2 nitrogen and oxygen atoms in total. The van der Waals surface area contributed by atoms with Gasteiger partial charge in [-0.05, 0) is 40.2 Å². The van der Waals surface area contributed by atoms with Crippen LogP contribution >= 0.6 is 39.1 Å². The molecule has 82 valence electrons. The number of hydrogen-bond acceptors (Lipinski definition) is 2. The van der Waals surface area contributed by atoms with E-state index in [4.69, 9.17) is 27.9 Å². The Hall–Kier alpha value is -0.770. The molecule has 0 saturated carbocycles. The van der Waals surface area contributed by atoms with Crippen LogP contribution in [0.5, 0.6) is 11.6 Å². The Bertz CT molecular complexity index is 502. The highest BCUT2D eigenvalue weighted by atomic mass is 79.9. The molecule has 5 heteroatoms. The predicted octanol–water partition coefficient (Wildman–Crippen LogP) is 4.94. The van der Waals surface area contributed by atoms with Crippen LogP contribution in [0.1, 0.15) is 0 Å². The van der Waals surface area contributed by atoms with Crippen LogP contribution in [-0.2, 0) is 0 Å². The van der Waals surface area contributed by atoms with Gasteiger partial charge >= 0.3 is 0 Å². The molecule has 0 radical (unpaired) electrons. The van der Waals surface area contributed by atoms with Gasteiger partial charge in [0.05, 0.1) is 9.50 Å². The summed E-state index contributed by atoms with van der Waals surface area (Å²) in [5, 5.41) is 1.21. The molecule has 0 amide bonds. The molecule has 0 unspecified atom stereocenters. The van der Waals surface area contributed by atoms with Crippen molar-refractivity contribution < 1.29 is 4.74 Å². The lowest BCUT2D eigenvalue weighted by atomic mass is 10.3. The molecule has 0 spiro atoms. The van der Waals surface area contributed by atoms with Crippen molar-refractivity contribution in [1.82, 2.24) is 4.98 Å². The summed E-state index contributed by atoms with van der Waals surface area (Å²) in [4.78, 5) is 4.03. The van der Waals surface area contributed by atoms with Crippen LogP contribution in [-0.4, -0.2) is 4.98 Å². The van der Waals surface area contributed by atoms with E-state index in [9.17, 15) is 0 Å². The number of halogens is 3. The molecular weight excluding hydrogens is 313 g/mol. The average Bonchev–Trinajstić information content (AvgIpc) is 2.25. The quantitative estimate of drug-likeness (QED) is 0.782. The Labute approximate surface area is 111 Å². The van der Waals surface area contributed by atoms with Gasteiger partial charge < -0.3 is 4.74 Å². The van der Waals surface area contributed by atoms with E-state index in [1.807, 2.05) is 0 Å². The van der Waals surface area contributed by atoms with Gasteiger partial charge in [-0.2, -0.15) is 0 Å². The lowest BCUT2D eigenvalue weighted by molar-refractivity contribution is 0.460. The van der Waals surface area contributed by atoms with E-state index in [1.54, 1.807) is 30.3 Å². The van der Waals surface area contributed by atoms with E-state index in [2.05, 4.69) is 20.9 Å². The van der Waals surface area contributed by atoms with Gasteiger partial charge in [-0.25, -0.2) is 4.98 Å². The van der Waals surface area contributed by atoms with Crippen molar-refractivity contribution in [3.8, 4) is 11.6 Å². The van der Waals surface area contributed by atoms with Crippen LogP contribution in [0.15, 0.2) is 41.0 Å². The Morgan fingerprint density at radius 1 is 1.06 bits per heavy atom. The van der Waals surface area contributed by atoms with Crippen LogP contribution in [0, 0.1) is 0 Å². The zero-order valence-corrected chi connectivity index (χ0v) is 11.1. The average molecular weight is 319 g/mol. The van der Waals surface area contributed by atoms with Crippen LogP contribution in [0.4, 0.5) is 0 Å². The molecule has 1 aromatic carbocycles. The summed E-state index contributed by atoms with van der Waals surface area (Å²) in [6, 6.07) is 8.68. The van der Waals surface area contributed by atoms with Crippen LogP contribution in [0.2, 0.25) is 10.0 Å². The molecule has 0 N–H and O–H groups in total. The summed E-state index contributed by atoms with van der Waals surface area (Å²) in [5.41, 5.74) is 0. The van der Waals surface area contributed by atoms with Crippen molar-refractivity contribution >= 4 is 39.1 Å². The second-order valence-electron chi connectivity index (χ2n) is 2.99. The first kappa shape index (κ1) is 11.7. The van der Waals surface area contributed by atoms with Crippen molar-refractivity contribution in [1.29, 1.82) is 0 Å². The molecule has 2 rings (SSSR count). The summed E-state index contributed by atoms with van der Waals surface area (Å²) >= 11 is 14.9. The number of rotatable bonds is 2. The number of nitrogens with zero attached hydrogens (tertiary/aromatic N) is 1. The van der Waals surface area contributed by atoms with Gasteiger partial charge in [0.25, 0.3) is 0 Å². The fraction of sp³-hybridized carbons (Fsp3) is 0. The third-order valence-corrected chi connectivity index (χ3v) is 2.89. The topological polar surface area (TPSA) is 22.1 Å². The first-order valence-corrected chi connectivity index (χ1v) is 5.94. The molecule has 0 saturated heterocycles. The smallest absolute Gasteiger partial charge is 0.219 e. The molecule has 0 atom stereocenters. The van der Waals surface area contributed by atoms with Gasteiger partial charge in [0.2, 0.25) is 5.88 Å². The maximum absolute atomic E-state index is 5.82. The third-order valence-electron chi connectivity index (χ3n) is 1.81. The molecular formula is C11H6BrCl2NO. The Kier molecular flexibility index (Phi) is 3.69. The molecule has 1 aromatic heterocycles. The summed E-state index contributed by atoms with van der Waals surface area (Å²) < 4.78 is 6.32. The molecule has 0 bridgehead atoms. The number of pyridine rings is 1. The Balaban J connectivity index is 2.23. The SMILES string of the molecule is Clc1ccc(Oc2ccc(Cl)cc2Br)nc1. The summed E-state index contributed by atoms with van der Waals surface area (Å²) in [7, 11) is 0. The van der Waals surface area contributed by atoms with E-state index >= 15 is 0 Å². The van der Waals surface area contributed by atoms with Crippen molar-refractivity contribution in [2.75, 3.05) is 0 Å². The fourth-order valence-electron chi connectivity index (χ4n) is 1.09. The summed E-state index contributed by atoms with van der Waals surface area (Å²) in [6.07, 6.45) is 1.53. The first-order valence-electron chi connectivity index (χ1n) is 4.39. The Morgan fingerprint density at radius 2 is 1.81 bits per heavy atom. The number of aromatic nitrogens is 1. The van der Waals surface area contributed by atoms with Crippen LogP contribution < -0.4 is 4.74 Å². The molecule has 2 aromatic rings. The van der Waals surface area contributed by atoms with E-state index in [1.165, 1.54) is 6.20 Å². The molecule has 1 heterocycles. The minimum absolute atomic E-state index is 0.479. The van der Waals surface area contributed by atoms with E-state index < -0.39 is 0 Å². The van der Waals surface area contributed by atoms with Crippen molar-refractivity contribution in [2.24, 2.45) is 0 Å². The first-order chi connectivity index (χ1) is 7.65. The largest absolute Gasteiger partial charge is 0.438 e. The molecule has 0 fully saturated rings. The van der Waals surface area contributed by atoms with Crippen LogP contribution in [0.25, 0.3) is 0 Å². The zero-order valence-electron chi connectivity index (χ0n) is 7.95. The predicted molar refractivity (Wildman–Crippen MR) is 68.5 cm³/mol.